The Hall–Kier alpha value is -3.36. The van der Waals surface area contributed by atoms with Gasteiger partial charge in [0.15, 0.2) is 0 Å². The topological polar surface area (TPSA) is 104 Å². The molecule has 0 bridgehead atoms. The largest absolute Gasteiger partial charge is 0.351 e. The normalized spacial score (nSPS) is 18.4. The number of hydrogen-bond acceptors (Lipinski definition) is 5. The van der Waals surface area contributed by atoms with Crippen LogP contribution in [0.5, 0.6) is 0 Å². The van der Waals surface area contributed by atoms with Crippen molar-refractivity contribution in [3.8, 4) is 0 Å². The zero-order chi connectivity index (χ0) is 29.8. The van der Waals surface area contributed by atoms with Crippen molar-refractivity contribution in [2.75, 3.05) is 13.1 Å². The van der Waals surface area contributed by atoms with Crippen molar-refractivity contribution in [2.24, 2.45) is 11.3 Å². The summed E-state index contributed by atoms with van der Waals surface area (Å²) in [4.78, 5) is 51.4. The van der Waals surface area contributed by atoms with Gasteiger partial charge in [0.25, 0.3) is 5.91 Å². The minimum atomic E-state index is -0.875. The second kappa shape index (κ2) is 12.7. The minimum absolute atomic E-state index is 0.0914. The predicted octanol–water partition coefficient (Wildman–Crippen LogP) is 4.68. The Balaban J connectivity index is 1.55. The summed E-state index contributed by atoms with van der Waals surface area (Å²) in [5.74, 6) is -0.663. The third kappa shape index (κ3) is 7.49. The van der Waals surface area contributed by atoms with Gasteiger partial charge in [0, 0.05) is 31.2 Å². The van der Waals surface area contributed by atoms with Gasteiger partial charge in [0.2, 0.25) is 11.8 Å². The van der Waals surface area contributed by atoms with Crippen molar-refractivity contribution in [1.29, 1.82) is 0 Å². The van der Waals surface area contributed by atoms with Crippen LogP contribution in [0.2, 0.25) is 0 Å². The van der Waals surface area contributed by atoms with Crippen LogP contribution in [0.15, 0.2) is 30.5 Å². The van der Waals surface area contributed by atoms with Crippen LogP contribution in [0.3, 0.4) is 0 Å². The van der Waals surface area contributed by atoms with Crippen molar-refractivity contribution in [3.05, 3.63) is 58.9 Å². The van der Waals surface area contributed by atoms with Gasteiger partial charge < -0.3 is 15.5 Å². The molecule has 41 heavy (non-hydrogen) atoms. The molecule has 222 valence electrons. The maximum atomic E-state index is 14.0. The standard InChI is InChI=1S/C32H44FN5O3/c1-21-20-34-22(2)27(35-21)28(39)36-26(19-23-11-13-25(33)14-12-23)29(40)38-17-15-32(16-18-38,24-9-7-6-8-10-24)30(41)37-31(3,4)5/h11-14,20,24,26H,6-10,15-19H2,1-5H3,(H,36,39)(H,37,41)/t26-/m1/s1. The fraction of sp³-hybridized carbons (Fsp3) is 0.594. The molecular formula is C32H44FN5O3. The summed E-state index contributed by atoms with van der Waals surface area (Å²) < 4.78 is 13.6. The molecule has 1 aromatic heterocycles. The lowest BCUT2D eigenvalue weighted by Crippen LogP contribution is -2.59. The van der Waals surface area contributed by atoms with Crippen molar-refractivity contribution < 1.29 is 18.8 Å². The predicted molar refractivity (Wildman–Crippen MR) is 156 cm³/mol. The van der Waals surface area contributed by atoms with Crippen LogP contribution in [-0.2, 0) is 16.0 Å². The Morgan fingerprint density at radius 2 is 1.68 bits per heavy atom. The Labute approximate surface area is 242 Å². The van der Waals surface area contributed by atoms with Crippen molar-refractivity contribution in [1.82, 2.24) is 25.5 Å². The zero-order valence-corrected chi connectivity index (χ0v) is 25.1. The molecule has 8 nitrogen and oxygen atoms in total. The first-order valence-electron chi connectivity index (χ1n) is 14.8. The number of nitrogens with zero attached hydrogens (tertiary/aromatic N) is 3. The Morgan fingerprint density at radius 3 is 2.29 bits per heavy atom. The highest BCUT2D eigenvalue weighted by Gasteiger charge is 2.49. The van der Waals surface area contributed by atoms with E-state index in [4.69, 9.17) is 0 Å². The van der Waals surface area contributed by atoms with Gasteiger partial charge in [-0.15, -0.1) is 0 Å². The van der Waals surface area contributed by atoms with E-state index in [-0.39, 0.29) is 35.3 Å². The number of carbonyl (C=O) groups excluding carboxylic acids is 3. The molecule has 2 heterocycles. The van der Waals surface area contributed by atoms with Crippen LogP contribution < -0.4 is 10.6 Å². The number of aryl methyl sites for hydroxylation is 2. The Bertz CT molecular complexity index is 1240. The molecule has 2 aliphatic rings. The van der Waals surface area contributed by atoms with Gasteiger partial charge in [-0.1, -0.05) is 31.4 Å². The average molecular weight is 566 g/mol. The third-order valence-electron chi connectivity index (χ3n) is 8.54. The lowest BCUT2D eigenvalue weighted by molar-refractivity contribution is -0.147. The van der Waals surface area contributed by atoms with Crippen LogP contribution in [0.1, 0.15) is 93.2 Å². The summed E-state index contributed by atoms with van der Waals surface area (Å²) in [6.07, 6.45) is 8.50. The maximum Gasteiger partial charge on any atom is 0.272 e. The molecule has 9 heteroatoms. The van der Waals surface area contributed by atoms with E-state index in [1.807, 2.05) is 20.8 Å². The van der Waals surface area contributed by atoms with E-state index < -0.39 is 17.4 Å². The van der Waals surface area contributed by atoms with Crippen molar-refractivity contribution >= 4 is 17.7 Å². The van der Waals surface area contributed by atoms with E-state index >= 15 is 0 Å². The number of carbonyl (C=O) groups is 3. The van der Waals surface area contributed by atoms with Gasteiger partial charge in [-0.05, 0) is 83.9 Å². The van der Waals surface area contributed by atoms with Gasteiger partial charge >= 0.3 is 0 Å². The van der Waals surface area contributed by atoms with E-state index in [0.29, 0.717) is 43.2 Å². The SMILES string of the molecule is Cc1cnc(C)c(C(=O)N[C@H](Cc2ccc(F)cc2)C(=O)N2CCC(C(=O)NC(C)(C)C)(C3CCCCC3)CC2)n1. The molecule has 1 aliphatic carbocycles. The molecule has 3 amide bonds. The fourth-order valence-corrected chi connectivity index (χ4v) is 6.32. The van der Waals surface area contributed by atoms with Crippen LogP contribution in [0, 0.1) is 31.0 Å². The summed E-state index contributed by atoms with van der Waals surface area (Å²) >= 11 is 0. The number of hydrogen-bond donors (Lipinski definition) is 2. The summed E-state index contributed by atoms with van der Waals surface area (Å²) in [7, 11) is 0. The molecule has 2 fully saturated rings. The quantitative estimate of drug-likeness (QED) is 0.508. The van der Waals surface area contributed by atoms with Crippen LogP contribution in [-0.4, -0.2) is 57.3 Å². The number of rotatable bonds is 7. The number of amides is 3. The summed E-state index contributed by atoms with van der Waals surface area (Å²) in [6, 6.07) is 5.08. The molecular weight excluding hydrogens is 521 g/mol. The molecule has 1 saturated carbocycles. The van der Waals surface area contributed by atoms with Crippen molar-refractivity contribution in [2.45, 2.75) is 97.6 Å². The maximum absolute atomic E-state index is 14.0. The Morgan fingerprint density at radius 1 is 1.05 bits per heavy atom. The van der Waals surface area contributed by atoms with Crippen molar-refractivity contribution in [3.63, 3.8) is 0 Å². The lowest BCUT2D eigenvalue weighted by atomic mass is 9.63. The molecule has 1 saturated heterocycles. The molecule has 2 N–H and O–H groups in total. The number of nitrogens with one attached hydrogen (secondary N) is 2. The summed E-state index contributed by atoms with van der Waals surface area (Å²) in [5, 5.41) is 6.14. The monoisotopic (exact) mass is 565 g/mol. The Kier molecular flexibility index (Phi) is 9.44. The molecule has 1 aliphatic heterocycles. The van der Waals surface area contributed by atoms with Gasteiger partial charge in [-0.25, -0.2) is 9.37 Å². The van der Waals surface area contributed by atoms with E-state index in [9.17, 15) is 18.8 Å². The first kappa shape index (κ1) is 30.6. The zero-order valence-electron chi connectivity index (χ0n) is 25.1. The lowest BCUT2D eigenvalue weighted by Gasteiger charge is -2.48. The van der Waals surface area contributed by atoms with Gasteiger partial charge in [0.05, 0.1) is 16.8 Å². The third-order valence-corrected chi connectivity index (χ3v) is 8.54. The van der Waals surface area contributed by atoms with E-state index in [1.54, 1.807) is 37.1 Å². The molecule has 0 unspecified atom stereocenters. The highest BCUT2D eigenvalue weighted by atomic mass is 19.1. The smallest absolute Gasteiger partial charge is 0.272 e. The first-order chi connectivity index (χ1) is 19.4. The fourth-order valence-electron chi connectivity index (χ4n) is 6.32. The molecule has 1 aromatic carbocycles. The number of benzene rings is 1. The molecule has 0 spiro atoms. The minimum Gasteiger partial charge on any atom is -0.351 e. The second-order valence-electron chi connectivity index (χ2n) is 12.8. The molecule has 4 rings (SSSR count). The van der Waals surface area contributed by atoms with Gasteiger partial charge in [-0.2, -0.15) is 0 Å². The van der Waals surface area contributed by atoms with E-state index in [1.165, 1.54) is 18.6 Å². The highest BCUT2D eigenvalue weighted by Crippen LogP contribution is 2.46. The molecule has 1 atom stereocenters. The number of likely N-dealkylation sites (tertiary alicyclic amines) is 1. The number of halogens is 1. The second-order valence-corrected chi connectivity index (χ2v) is 12.8. The number of piperidine rings is 1. The van der Waals surface area contributed by atoms with Gasteiger partial charge in [0.1, 0.15) is 17.6 Å². The highest BCUT2D eigenvalue weighted by molar-refractivity contribution is 5.97. The average Bonchev–Trinajstić information content (AvgIpc) is 2.94. The summed E-state index contributed by atoms with van der Waals surface area (Å²) in [6.45, 7) is 10.3. The van der Waals surface area contributed by atoms with Crippen LogP contribution in [0.25, 0.3) is 0 Å². The molecule has 2 aromatic rings. The van der Waals surface area contributed by atoms with E-state index in [2.05, 4.69) is 20.6 Å². The molecule has 0 radical (unpaired) electrons. The van der Waals surface area contributed by atoms with E-state index in [0.717, 1.165) is 31.2 Å². The number of aromatic nitrogens is 2. The first-order valence-corrected chi connectivity index (χ1v) is 14.8. The summed E-state index contributed by atoms with van der Waals surface area (Å²) in [5.41, 5.74) is 1.14. The van der Waals surface area contributed by atoms with Gasteiger partial charge in [-0.3, -0.25) is 19.4 Å². The van der Waals surface area contributed by atoms with Crippen LogP contribution >= 0.6 is 0 Å². The van der Waals surface area contributed by atoms with Crippen LogP contribution in [0.4, 0.5) is 4.39 Å².